The molecule has 146 valence electrons. The highest BCUT2D eigenvalue weighted by Crippen LogP contribution is 2.19. The standard InChI is InChI=1S/C18H21F2N3O4/c1-18(2,3)17-22-15(27-23-17)5-4-6-16(25)26-10-14(24)21-13-9-11(19)7-8-12(13)20/h7-9H,4-6,10H2,1-3H3,(H,21,24). The molecule has 1 aromatic carbocycles. The summed E-state index contributed by atoms with van der Waals surface area (Å²) >= 11 is 0. The first-order valence-electron chi connectivity index (χ1n) is 8.39. The van der Waals surface area contributed by atoms with Gasteiger partial charge in [-0.05, 0) is 18.6 Å². The second-order valence-electron chi connectivity index (χ2n) is 6.95. The number of benzene rings is 1. The highest BCUT2D eigenvalue weighted by atomic mass is 19.1. The molecule has 0 aliphatic heterocycles. The van der Waals surface area contributed by atoms with Gasteiger partial charge in [0.1, 0.15) is 11.6 Å². The van der Waals surface area contributed by atoms with E-state index in [0.717, 1.165) is 18.2 Å². The number of carbonyl (C=O) groups excluding carboxylic acids is 2. The van der Waals surface area contributed by atoms with Gasteiger partial charge in [-0.2, -0.15) is 4.98 Å². The number of nitrogens with one attached hydrogen (secondary N) is 1. The van der Waals surface area contributed by atoms with Gasteiger partial charge >= 0.3 is 5.97 Å². The second kappa shape index (κ2) is 8.70. The Balaban J connectivity index is 1.70. The summed E-state index contributed by atoms with van der Waals surface area (Å²) in [6.45, 7) is 5.28. The van der Waals surface area contributed by atoms with Crippen LogP contribution in [0.25, 0.3) is 0 Å². The van der Waals surface area contributed by atoms with Crippen molar-refractivity contribution < 1.29 is 27.6 Å². The molecular weight excluding hydrogens is 360 g/mol. The Labute approximate surface area is 155 Å². The minimum absolute atomic E-state index is 0.0504. The second-order valence-corrected chi connectivity index (χ2v) is 6.95. The Morgan fingerprint density at radius 2 is 2.00 bits per heavy atom. The molecule has 7 nitrogen and oxygen atoms in total. The Morgan fingerprint density at radius 3 is 2.67 bits per heavy atom. The molecule has 1 amide bonds. The van der Waals surface area contributed by atoms with E-state index in [1.807, 2.05) is 20.8 Å². The zero-order valence-corrected chi connectivity index (χ0v) is 15.3. The van der Waals surface area contributed by atoms with Crippen molar-refractivity contribution in [2.45, 2.75) is 45.4 Å². The number of halogens is 2. The average molecular weight is 381 g/mol. The van der Waals surface area contributed by atoms with Gasteiger partial charge in [0.25, 0.3) is 5.91 Å². The van der Waals surface area contributed by atoms with Crippen LogP contribution in [0.3, 0.4) is 0 Å². The number of hydrogen-bond donors (Lipinski definition) is 1. The predicted octanol–water partition coefficient (Wildman–Crippen LogP) is 3.15. The fourth-order valence-corrected chi connectivity index (χ4v) is 2.04. The van der Waals surface area contributed by atoms with E-state index in [-0.39, 0.29) is 17.5 Å². The van der Waals surface area contributed by atoms with Crippen molar-refractivity contribution in [3.8, 4) is 0 Å². The van der Waals surface area contributed by atoms with Crippen LogP contribution < -0.4 is 5.32 Å². The summed E-state index contributed by atoms with van der Waals surface area (Å²) in [6, 6.07) is 2.66. The van der Waals surface area contributed by atoms with Crippen molar-refractivity contribution >= 4 is 17.6 Å². The van der Waals surface area contributed by atoms with Crippen molar-refractivity contribution in [1.82, 2.24) is 10.1 Å². The van der Waals surface area contributed by atoms with E-state index in [4.69, 9.17) is 9.26 Å². The van der Waals surface area contributed by atoms with Crippen molar-refractivity contribution in [1.29, 1.82) is 0 Å². The smallest absolute Gasteiger partial charge is 0.306 e. The summed E-state index contributed by atoms with van der Waals surface area (Å²) in [4.78, 5) is 27.6. The molecule has 0 aliphatic carbocycles. The lowest BCUT2D eigenvalue weighted by atomic mass is 9.96. The largest absolute Gasteiger partial charge is 0.456 e. The molecule has 0 spiro atoms. The molecule has 27 heavy (non-hydrogen) atoms. The SMILES string of the molecule is CC(C)(C)c1noc(CCCC(=O)OCC(=O)Nc2cc(F)ccc2F)n1. The van der Waals surface area contributed by atoms with Gasteiger partial charge in [-0.15, -0.1) is 0 Å². The first-order valence-corrected chi connectivity index (χ1v) is 8.39. The zero-order chi connectivity index (χ0) is 20.0. The summed E-state index contributed by atoms with van der Waals surface area (Å²) in [6.07, 6.45) is 0.860. The molecule has 0 radical (unpaired) electrons. The Hall–Kier alpha value is -2.84. The van der Waals surface area contributed by atoms with Crippen LogP contribution in [0.4, 0.5) is 14.5 Å². The first-order chi connectivity index (χ1) is 12.6. The highest BCUT2D eigenvalue weighted by Gasteiger charge is 2.21. The van der Waals surface area contributed by atoms with Gasteiger partial charge in [0, 0.05) is 24.3 Å². The van der Waals surface area contributed by atoms with Gasteiger partial charge in [-0.3, -0.25) is 9.59 Å². The summed E-state index contributed by atoms with van der Waals surface area (Å²) in [7, 11) is 0. The summed E-state index contributed by atoms with van der Waals surface area (Å²) in [5.41, 5.74) is -0.545. The van der Waals surface area contributed by atoms with E-state index in [1.54, 1.807) is 0 Å². The van der Waals surface area contributed by atoms with Crippen molar-refractivity contribution in [2.24, 2.45) is 0 Å². The number of ether oxygens (including phenoxy) is 1. The van der Waals surface area contributed by atoms with Gasteiger partial charge in [0.2, 0.25) is 5.89 Å². The van der Waals surface area contributed by atoms with E-state index in [0.29, 0.717) is 24.6 Å². The number of carbonyl (C=O) groups is 2. The molecule has 1 heterocycles. The number of hydrogen-bond acceptors (Lipinski definition) is 6. The number of amides is 1. The molecule has 0 aliphatic rings. The summed E-state index contributed by atoms with van der Waals surface area (Å²) < 4.78 is 36.4. The minimum atomic E-state index is -0.787. The molecule has 9 heteroatoms. The van der Waals surface area contributed by atoms with Crippen LogP contribution in [0.2, 0.25) is 0 Å². The van der Waals surface area contributed by atoms with Crippen LogP contribution in [-0.2, 0) is 26.2 Å². The van der Waals surface area contributed by atoms with Gasteiger partial charge in [0.15, 0.2) is 12.4 Å². The molecule has 2 rings (SSSR count). The van der Waals surface area contributed by atoms with Crippen molar-refractivity contribution in [3.05, 3.63) is 41.5 Å². The third-order valence-corrected chi connectivity index (χ3v) is 3.48. The van der Waals surface area contributed by atoms with Crippen molar-refractivity contribution in [2.75, 3.05) is 11.9 Å². The first kappa shape index (κ1) is 20.5. The lowest BCUT2D eigenvalue weighted by Gasteiger charge is -2.10. The third kappa shape index (κ3) is 6.43. The van der Waals surface area contributed by atoms with Crippen LogP contribution in [0.5, 0.6) is 0 Å². The summed E-state index contributed by atoms with van der Waals surface area (Å²) in [5, 5.41) is 6.03. The van der Waals surface area contributed by atoms with E-state index in [2.05, 4.69) is 15.5 Å². The highest BCUT2D eigenvalue weighted by molar-refractivity contribution is 5.92. The maximum atomic E-state index is 13.4. The predicted molar refractivity (Wildman–Crippen MR) is 91.9 cm³/mol. The molecule has 0 atom stereocenters. The Kier molecular flexibility index (Phi) is 6.59. The molecular formula is C18H21F2N3O4. The Morgan fingerprint density at radius 1 is 1.26 bits per heavy atom. The normalized spacial score (nSPS) is 11.3. The topological polar surface area (TPSA) is 94.3 Å². The van der Waals surface area contributed by atoms with Gasteiger partial charge in [0.05, 0.1) is 5.69 Å². The number of rotatable bonds is 7. The number of aromatic nitrogens is 2. The summed E-state index contributed by atoms with van der Waals surface area (Å²) in [5.74, 6) is -1.84. The fraction of sp³-hybridized carbons (Fsp3) is 0.444. The average Bonchev–Trinajstić information content (AvgIpc) is 3.05. The van der Waals surface area contributed by atoms with Crippen molar-refractivity contribution in [3.63, 3.8) is 0 Å². The van der Waals surface area contributed by atoms with Crippen LogP contribution in [-0.4, -0.2) is 28.6 Å². The minimum Gasteiger partial charge on any atom is -0.456 e. The molecule has 0 bridgehead atoms. The lowest BCUT2D eigenvalue weighted by Crippen LogP contribution is -2.21. The van der Waals surface area contributed by atoms with Crippen LogP contribution in [0, 0.1) is 11.6 Å². The van der Waals surface area contributed by atoms with E-state index < -0.39 is 30.1 Å². The fourth-order valence-electron chi connectivity index (χ4n) is 2.04. The molecule has 0 unspecified atom stereocenters. The molecule has 1 N–H and O–H groups in total. The van der Waals surface area contributed by atoms with Crippen LogP contribution in [0.15, 0.2) is 22.7 Å². The van der Waals surface area contributed by atoms with Gasteiger partial charge in [-0.25, -0.2) is 8.78 Å². The molecule has 0 saturated carbocycles. The lowest BCUT2D eigenvalue weighted by molar-refractivity contribution is -0.147. The van der Waals surface area contributed by atoms with E-state index >= 15 is 0 Å². The van der Waals surface area contributed by atoms with Gasteiger partial charge in [-0.1, -0.05) is 25.9 Å². The quantitative estimate of drug-likeness (QED) is 0.741. The van der Waals surface area contributed by atoms with Crippen LogP contribution >= 0.6 is 0 Å². The van der Waals surface area contributed by atoms with E-state index in [9.17, 15) is 18.4 Å². The molecule has 2 aromatic rings. The molecule has 0 fully saturated rings. The monoisotopic (exact) mass is 381 g/mol. The zero-order valence-electron chi connectivity index (χ0n) is 15.3. The van der Waals surface area contributed by atoms with Crippen LogP contribution in [0.1, 0.15) is 45.3 Å². The maximum Gasteiger partial charge on any atom is 0.306 e. The molecule has 1 aromatic heterocycles. The molecule has 0 saturated heterocycles. The number of anilines is 1. The Bertz CT molecular complexity index is 815. The number of nitrogens with zero attached hydrogens (tertiary/aromatic N) is 2. The number of esters is 1. The number of aryl methyl sites for hydroxylation is 1. The van der Waals surface area contributed by atoms with E-state index in [1.165, 1.54) is 0 Å². The maximum absolute atomic E-state index is 13.4. The van der Waals surface area contributed by atoms with Gasteiger partial charge < -0.3 is 14.6 Å². The third-order valence-electron chi connectivity index (χ3n) is 3.48.